The van der Waals surface area contributed by atoms with Crippen LogP contribution in [0.25, 0.3) is 0 Å². The molecule has 0 saturated carbocycles. The number of carbonyl (C=O) groups is 1. The Hall–Kier alpha value is -1.52. The highest BCUT2D eigenvalue weighted by Gasteiger charge is 2.11. The van der Waals surface area contributed by atoms with Crippen LogP contribution in [0.3, 0.4) is 0 Å². The molecule has 2 aromatic rings. The van der Waals surface area contributed by atoms with E-state index in [0.29, 0.717) is 21.6 Å². The van der Waals surface area contributed by atoms with Crippen LogP contribution < -0.4 is 10.1 Å². The lowest BCUT2D eigenvalue weighted by molar-refractivity contribution is 0.0951. The quantitative estimate of drug-likeness (QED) is 0.900. The molecule has 20 heavy (non-hydrogen) atoms. The maximum Gasteiger partial charge on any atom is 0.253 e. The monoisotopic (exact) mass is 353 g/mol. The summed E-state index contributed by atoms with van der Waals surface area (Å²) in [6, 6.07) is 12.8. The van der Waals surface area contributed by atoms with Crippen molar-refractivity contribution < 1.29 is 9.53 Å². The molecule has 0 aliphatic rings. The summed E-state index contributed by atoms with van der Waals surface area (Å²) in [7, 11) is 1.61. The molecule has 1 amide bonds. The molecule has 0 saturated heterocycles. The molecule has 0 aromatic heterocycles. The number of nitrogens with one attached hydrogen (secondary N) is 1. The lowest BCUT2D eigenvalue weighted by atomic mass is 10.2. The smallest absolute Gasteiger partial charge is 0.253 e. The highest BCUT2D eigenvalue weighted by Crippen LogP contribution is 2.25. The van der Waals surface area contributed by atoms with Crippen LogP contribution in [0.4, 0.5) is 0 Å². The van der Waals surface area contributed by atoms with E-state index < -0.39 is 0 Å². The van der Waals surface area contributed by atoms with E-state index >= 15 is 0 Å². The molecule has 0 aliphatic carbocycles. The third kappa shape index (κ3) is 3.52. The second-order valence-electron chi connectivity index (χ2n) is 4.14. The Bertz CT molecular complexity index is 631. The minimum atomic E-state index is -0.209. The van der Waals surface area contributed by atoms with Gasteiger partial charge >= 0.3 is 0 Å². The normalized spacial score (nSPS) is 10.2. The van der Waals surface area contributed by atoms with Crippen molar-refractivity contribution in [3.8, 4) is 5.75 Å². The fourth-order valence-corrected chi connectivity index (χ4v) is 2.32. The number of carbonyl (C=O) groups excluding carboxylic acids is 1. The average Bonchev–Trinajstić information content (AvgIpc) is 2.48. The van der Waals surface area contributed by atoms with Crippen molar-refractivity contribution >= 4 is 33.4 Å². The second kappa shape index (κ2) is 6.77. The first kappa shape index (κ1) is 14.9. The predicted molar refractivity (Wildman–Crippen MR) is 83.3 cm³/mol. The molecule has 104 valence electrons. The summed E-state index contributed by atoms with van der Waals surface area (Å²) < 4.78 is 5.84. The molecule has 0 aliphatic heterocycles. The number of ether oxygens (including phenoxy) is 1. The zero-order valence-electron chi connectivity index (χ0n) is 10.8. The summed E-state index contributed by atoms with van der Waals surface area (Å²) >= 11 is 9.39. The zero-order valence-corrected chi connectivity index (χ0v) is 13.2. The van der Waals surface area contributed by atoms with Gasteiger partial charge in [0.1, 0.15) is 5.75 Å². The topological polar surface area (TPSA) is 38.3 Å². The van der Waals surface area contributed by atoms with Gasteiger partial charge in [-0.2, -0.15) is 0 Å². The molecule has 1 N–H and O–H groups in total. The van der Waals surface area contributed by atoms with Crippen LogP contribution >= 0.6 is 27.5 Å². The molecule has 3 nitrogen and oxygen atoms in total. The van der Waals surface area contributed by atoms with Crippen molar-refractivity contribution in [3.63, 3.8) is 0 Å². The zero-order chi connectivity index (χ0) is 14.5. The molecule has 0 spiro atoms. The molecule has 0 bridgehead atoms. The Morgan fingerprint density at radius 3 is 2.80 bits per heavy atom. The van der Waals surface area contributed by atoms with Crippen LogP contribution in [0.5, 0.6) is 5.75 Å². The van der Waals surface area contributed by atoms with Gasteiger partial charge in [0.2, 0.25) is 0 Å². The summed E-state index contributed by atoms with van der Waals surface area (Å²) in [5.74, 6) is 0.552. The van der Waals surface area contributed by atoms with Crippen molar-refractivity contribution in [2.45, 2.75) is 6.54 Å². The van der Waals surface area contributed by atoms with Gasteiger partial charge in [-0.3, -0.25) is 4.79 Å². The fourth-order valence-electron chi connectivity index (χ4n) is 1.74. The van der Waals surface area contributed by atoms with Gasteiger partial charge in [0, 0.05) is 11.0 Å². The van der Waals surface area contributed by atoms with Gasteiger partial charge in [-0.25, -0.2) is 0 Å². The SMILES string of the molecule is COc1cccc(CNC(=O)c2cccc(Br)c2Cl)c1. The summed E-state index contributed by atoms with van der Waals surface area (Å²) in [6.07, 6.45) is 0. The highest BCUT2D eigenvalue weighted by molar-refractivity contribution is 9.10. The summed E-state index contributed by atoms with van der Waals surface area (Å²) in [5.41, 5.74) is 1.41. The van der Waals surface area contributed by atoms with Crippen LogP contribution in [0.2, 0.25) is 5.02 Å². The third-order valence-electron chi connectivity index (χ3n) is 2.78. The Morgan fingerprint density at radius 2 is 2.05 bits per heavy atom. The average molecular weight is 355 g/mol. The fraction of sp³-hybridized carbons (Fsp3) is 0.133. The Labute approximate surface area is 131 Å². The second-order valence-corrected chi connectivity index (χ2v) is 5.37. The van der Waals surface area contributed by atoms with Gasteiger partial charge in [-0.15, -0.1) is 0 Å². The minimum absolute atomic E-state index is 0.209. The number of hydrogen-bond acceptors (Lipinski definition) is 2. The Morgan fingerprint density at radius 1 is 1.30 bits per heavy atom. The first-order valence-corrected chi connectivity index (χ1v) is 7.14. The van der Waals surface area contributed by atoms with Crippen LogP contribution in [-0.4, -0.2) is 13.0 Å². The molecule has 2 rings (SSSR count). The Balaban J connectivity index is 2.06. The molecule has 0 fully saturated rings. The first-order valence-electron chi connectivity index (χ1n) is 5.97. The van der Waals surface area contributed by atoms with Crippen LogP contribution in [0.15, 0.2) is 46.9 Å². The Kier molecular flexibility index (Phi) is 5.04. The van der Waals surface area contributed by atoms with E-state index in [1.807, 2.05) is 24.3 Å². The lowest BCUT2D eigenvalue weighted by Crippen LogP contribution is -2.23. The number of hydrogen-bond donors (Lipinski definition) is 1. The largest absolute Gasteiger partial charge is 0.497 e. The summed E-state index contributed by atoms with van der Waals surface area (Å²) in [4.78, 5) is 12.1. The van der Waals surface area contributed by atoms with Crippen LogP contribution in [-0.2, 0) is 6.54 Å². The maximum atomic E-state index is 12.1. The molecule has 2 aromatic carbocycles. The lowest BCUT2D eigenvalue weighted by Gasteiger charge is -2.08. The van der Waals surface area contributed by atoms with Gasteiger partial charge in [-0.1, -0.05) is 29.8 Å². The van der Waals surface area contributed by atoms with Crippen LogP contribution in [0, 0.1) is 0 Å². The molecule has 0 atom stereocenters. The standard InChI is InChI=1S/C15H13BrClNO2/c1-20-11-5-2-4-10(8-11)9-18-15(19)12-6-3-7-13(16)14(12)17/h2-8H,9H2,1H3,(H,18,19). The molecular weight excluding hydrogens is 342 g/mol. The van der Waals surface area contributed by atoms with Gasteiger partial charge in [-0.05, 0) is 45.8 Å². The van der Waals surface area contributed by atoms with Crippen molar-refractivity contribution in [1.82, 2.24) is 5.32 Å². The number of halogens is 2. The molecule has 0 radical (unpaired) electrons. The van der Waals surface area contributed by atoms with E-state index in [0.717, 1.165) is 11.3 Å². The van der Waals surface area contributed by atoms with Crippen molar-refractivity contribution in [2.24, 2.45) is 0 Å². The third-order valence-corrected chi connectivity index (χ3v) is 4.08. The van der Waals surface area contributed by atoms with E-state index in [1.54, 1.807) is 25.3 Å². The number of benzene rings is 2. The maximum absolute atomic E-state index is 12.1. The molecule has 5 heteroatoms. The molecular formula is C15H13BrClNO2. The van der Waals surface area contributed by atoms with Gasteiger partial charge < -0.3 is 10.1 Å². The van der Waals surface area contributed by atoms with Gasteiger partial charge in [0.25, 0.3) is 5.91 Å². The van der Waals surface area contributed by atoms with E-state index in [9.17, 15) is 4.79 Å². The summed E-state index contributed by atoms with van der Waals surface area (Å²) in [5, 5.41) is 3.25. The highest BCUT2D eigenvalue weighted by atomic mass is 79.9. The number of amides is 1. The number of rotatable bonds is 4. The van der Waals surface area contributed by atoms with E-state index in [1.165, 1.54) is 0 Å². The predicted octanol–water partition coefficient (Wildman–Crippen LogP) is 4.04. The van der Waals surface area contributed by atoms with Crippen molar-refractivity contribution in [3.05, 3.63) is 63.1 Å². The van der Waals surface area contributed by atoms with E-state index in [4.69, 9.17) is 16.3 Å². The number of methoxy groups -OCH3 is 1. The molecule has 0 unspecified atom stereocenters. The first-order chi connectivity index (χ1) is 9.61. The minimum Gasteiger partial charge on any atom is -0.497 e. The van der Waals surface area contributed by atoms with Crippen molar-refractivity contribution in [1.29, 1.82) is 0 Å². The van der Waals surface area contributed by atoms with Gasteiger partial charge in [0.15, 0.2) is 0 Å². The van der Waals surface area contributed by atoms with E-state index in [-0.39, 0.29) is 5.91 Å². The van der Waals surface area contributed by atoms with Crippen LogP contribution in [0.1, 0.15) is 15.9 Å². The van der Waals surface area contributed by atoms with Gasteiger partial charge in [0.05, 0.1) is 17.7 Å². The molecule has 0 heterocycles. The van der Waals surface area contributed by atoms with E-state index in [2.05, 4.69) is 21.2 Å². The van der Waals surface area contributed by atoms with Crippen molar-refractivity contribution in [2.75, 3.05) is 7.11 Å². The summed E-state index contributed by atoms with van der Waals surface area (Å²) in [6.45, 7) is 0.416.